The molecule has 0 bridgehead atoms. The van der Waals surface area contributed by atoms with Gasteiger partial charge in [0.1, 0.15) is 11.4 Å². The molecular formula is C25H27N3O3S. The van der Waals surface area contributed by atoms with Gasteiger partial charge in [0.05, 0.1) is 17.4 Å². The zero-order valence-corrected chi connectivity index (χ0v) is 19.0. The third kappa shape index (κ3) is 3.97. The molecule has 2 fully saturated rings. The second kappa shape index (κ2) is 8.54. The molecule has 5 rings (SSSR count). The van der Waals surface area contributed by atoms with Crippen LogP contribution in [0.3, 0.4) is 0 Å². The van der Waals surface area contributed by atoms with E-state index in [9.17, 15) is 9.59 Å². The molecule has 0 unspecified atom stereocenters. The molecule has 32 heavy (non-hydrogen) atoms. The first-order chi connectivity index (χ1) is 15.6. The molecule has 1 aromatic carbocycles. The van der Waals surface area contributed by atoms with Crippen molar-refractivity contribution in [3.05, 3.63) is 69.8 Å². The Bertz CT molecular complexity index is 1140. The van der Waals surface area contributed by atoms with E-state index in [0.717, 1.165) is 60.7 Å². The molecule has 2 aliphatic rings. The molecule has 2 aromatic heterocycles. The van der Waals surface area contributed by atoms with Crippen LogP contribution in [0.4, 0.5) is 0 Å². The van der Waals surface area contributed by atoms with Gasteiger partial charge >= 0.3 is 0 Å². The van der Waals surface area contributed by atoms with Gasteiger partial charge < -0.3 is 9.64 Å². The maximum atomic E-state index is 13.4. The van der Waals surface area contributed by atoms with Crippen LogP contribution in [0.5, 0.6) is 5.75 Å². The van der Waals surface area contributed by atoms with Crippen LogP contribution in [0, 0.1) is 5.92 Å². The molecule has 1 saturated heterocycles. The first kappa shape index (κ1) is 20.9. The fourth-order valence-electron chi connectivity index (χ4n) is 4.66. The van der Waals surface area contributed by atoms with Gasteiger partial charge in [0.25, 0.3) is 5.56 Å². The Hall–Kier alpha value is -2.93. The number of ether oxygens (including phenoxy) is 1. The van der Waals surface area contributed by atoms with E-state index in [2.05, 4.69) is 5.10 Å². The lowest BCUT2D eigenvalue weighted by atomic mass is 9.91. The SMILES string of the molecule is COc1ccc(C2(C(=O)N3CCC(Cn4nc(-c5cccs5)ccc4=O)CC3)CC2)cc1. The van der Waals surface area contributed by atoms with Crippen LogP contribution in [-0.4, -0.2) is 40.8 Å². The molecule has 0 radical (unpaired) electrons. The largest absolute Gasteiger partial charge is 0.497 e. The van der Waals surface area contributed by atoms with Crippen LogP contribution >= 0.6 is 11.3 Å². The fraction of sp³-hybridized carbons (Fsp3) is 0.400. The van der Waals surface area contributed by atoms with E-state index in [-0.39, 0.29) is 16.9 Å². The number of carbonyl (C=O) groups is 1. The molecule has 1 aliphatic carbocycles. The minimum absolute atomic E-state index is 0.0692. The molecule has 1 saturated carbocycles. The van der Waals surface area contributed by atoms with Crippen molar-refractivity contribution in [1.29, 1.82) is 0 Å². The zero-order valence-electron chi connectivity index (χ0n) is 18.2. The molecule has 6 nitrogen and oxygen atoms in total. The summed E-state index contributed by atoms with van der Waals surface area (Å²) < 4.78 is 6.85. The number of amides is 1. The van der Waals surface area contributed by atoms with Gasteiger partial charge in [-0.3, -0.25) is 9.59 Å². The van der Waals surface area contributed by atoms with Gasteiger partial charge in [-0.05, 0) is 66.8 Å². The van der Waals surface area contributed by atoms with E-state index < -0.39 is 0 Å². The lowest BCUT2D eigenvalue weighted by Gasteiger charge is -2.34. The Morgan fingerprint density at radius 2 is 1.88 bits per heavy atom. The van der Waals surface area contributed by atoms with Crippen LogP contribution in [0.25, 0.3) is 10.6 Å². The van der Waals surface area contributed by atoms with Crippen LogP contribution in [0.1, 0.15) is 31.2 Å². The van der Waals surface area contributed by atoms with Crippen LogP contribution in [0.2, 0.25) is 0 Å². The highest BCUT2D eigenvalue weighted by molar-refractivity contribution is 7.13. The maximum absolute atomic E-state index is 13.4. The average molecular weight is 450 g/mol. The Balaban J connectivity index is 1.22. The van der Waals surface area contributed by atoms with Crippen LogP contribution < -0.4 is 10.3 Å². The number of likely N-dealkylation sites (tertiary alicyclic amines) is 1. The molecule has 3 heterocycles. The van der Waals surface area contributed by atoms with Gasteiger partial charge in [-0.2, -0.15) is 5.10 Å². The van der Waals surface area contributed by atoms with Gasteiger partial charge in [0.15, 0.2) is 0 Å². The summed E-state index contributed by atoms with van der Waals surface area (Å²) in [7, 11) is 1.65. The van der Waals surface area contributed by atoms with E-state index in [4.69, 9.17) is 4.74 Å². The summed E-state index contributed by atoms with van der Waals surface area (Å²) in [5.41, 5.74) is 1.50. The summed E-state index contributed by atoms with van der Waals surface area (Å²) in [6, 6.07) is 15.3. The van der Waals surface area contributed by atoms with Crippen molar-refractivity contribution >= 4 is 17.2 Å². The van der Waals surface area contributed by atoms with Crippen LogP contribution in [0.15, 0.2) is 58.7 Å². The van der Waals surface area contributed by atoms with Crippen molar-refractivity contribution in [1.82, 2.24) is 14.7 Å². The molecule has 0 N–H and O–H groups in total. The van der Waals surface area contributed by atoms with E-state index in [1.54, 1.807) is 35.3 Å². The quantitative estimate of drug-likeness (QED) is 0.572. The van der Waals surface area contributed by atoms with Gasteiger partial charge in [-0.15, -0.1) is 11.3 Å². The summed E-state index contributed by atoms with van der Waals surface area (Å²) >= 11 is 1.62. The highest BCUT2D eigenvalue weighted by atomic mass is 32.1. The number of aromatic nitrogens is 2. The van der Waals surface area contributed by atoms with E-state index >= 15 is 0 Å². The van der Waals surface area contributed by atoms with E-state index in [0.29, 0.717) is 12.5 Å². The molecule has 1 amide bonds. The number of nitrogens with zero attached hydrogens (tertiary/aromatic N) is 3. The molecular weight excluding hydrogens is 422 g/mol. The van der Waals surface area contributed by atoms with Crippen molar-refractivity contribution in [3.63, 3.8) is 0 Å². The third-order valence-corrected chi connectivity index (χ3v) is 7.67. The predicted octanol–water partition coefficient (Wildman–Crippen LogP) is 3.95. The average Bonchev–Trinajstić information content (AvgIpc) is 3.46. The topological polar surface area (TPSA) is 64.4 Å². The summed E-state index contributed by atoms with van der Waals surface area (Å²) in [6.45, 7) is 2.07. The molecule has 0 spiro atoms. The number of carbonyl (C=O) groups excluding carboxylic acids is 1. The Morgan fingerprint density at radius 3 is 2.50 bits per heavy atom. The van der Waals surface area contributed by atoms with Gasteiger partial charge in [-0.25, -0.2) is 4.68 Å². The summed E-state index contributed by atoms with van der Waals surface area (Å²) in [5.74, 6) is 1.40. The van der Waals surface area contributed by atoms with Gasteiger partial charge in [0, 0.05) is 25.7 Å². The number of hydrogen-bond acceptors (Lipinski definition) is 5. The second-order valence-corrected chi connectivity index (χ2v) is 9.71. The molecule has 0 atom stereocenters. The van der Waals surface area contributed by atoms with Crippen molar-refractivity contribution in [2.24, 2.45) is 5.92 Å². The highest BCUT2D eigenvalue weighted by Crippen LogP contribution is 2.50. The minimum Gasteiger partial charge on any atom is -0.497 e. The van der Waals surface area contributed by atoms with E-state index in [1.807, 2.05) is 46.7 Å². The first-order valence-electron chi connectivity index (χ1n) is 11.1. The monoisotopic (exact) mass is 449 g/mol. The zero-order chi connectivity index (χ0) is 22.1. The predicted molar refractivity (Wildman–Crippen MR) is 125 cm³/mol. The third-order valence-electron chi connectivity index (χ3n) is 6.78. The fourth-order valence-corrected chi connectivity index (χ4v) is 5.35. The molecule has 7 heteroatoms. The number of methoxy groups -OCH3 is 1. The highest BCUT2D eigenvalue weighted by Gasteiger charge is 2.53. The summed E-state index contributed by atoms with van der Waals surface area (Å²) in [4.78, 5) is 28.8. The van der Waals surface area contributed by atoms with Crippen molar-refractivity contribution in [2.45, 2.75) is 37.6 Å². The van der Waals surface area contributed by atoms with Crippen molar-refractivity contribution < 1.29 is 9.53 Å². The van der Waals surface area contributed by atoms with Crippen molar-refractivity contribution in [2.75, 3.05) is 20.2 Å². The smallest absolute Gasteiger partial charge is 0.266 e. The van der Waals surface area contributed by atoms with Gasteiger partial charge in [0.2, 0.25) is 5.91 Å². The summed E-state index contributed by atoms with van der Waals surface area (Å²) in [6.07, 6.45) is 3.60. The Morgan fingerprint density at radius 1 is 1.12 bits per heavy atom. The van der Waals surface area contributed by atoms with Crippen molar-refractivity contribution in [3.8, 4) is 16.3 Å². The van der Waals surface area contributed by atoms with E-state index in [1.165, 1.54) is 0 Å². The first-order valence-corrected chi connectivity index (χ1v) is 12.0. The number of piperidine rings is 1. The normalized spacial score (nSPS) is 17.8. The standard InChI is InChI=1S/C25H27N3O3S/c1-31-20-6-4-19(5-7-20)25(12-13-25)24(30)27-14-10-18(11-15-27)17-28-23(29)9-8-21(26-28)22-3-2-16-32-22/h2-9,16,18H,10-15,17H2,1H3. The minimum atomic E-state index is -0.355. The number of benzene rings is 1. The Labute approximate surface area is 191 Å². The molecule has 3 aromatic rings. The second-order valence-electron chi connectivity index (χ2n) is 8.76. The molecule has 1 aliphatic heterocycles. The summed E-state index contributed by atoms with van der Waals surface area (Å²) in [5, 5.41) is 6.60. The lowest BCUT2D eigenvalue weighted by Crippen LogP contribution is -2.45. The Kier molecular flexibility index (Phi) is 5.59. The lowest BCUT2D eigenvalue weighted by molar-refractivity contribution is -0.135. The van der Waals surface area contributed by atoms with Crippen LogP contribution in [-0.2, 0) is 16.8 Å². The molecule has 166 valence electrons. The number of rotatable bonds is 6. The van der Waals surface area contributed by atoms with Gasteiger partial charge in [-0.1, -0.05) is 18.2 Å². The number of thiophene rings is 1. The maximum Gasteiger partial charge on any atom is 0.266 e. The number of hydrogen-bond donors (Lipinski definition) is 0.